The van der Waals surface area contributed by atoms with Crippen molar-refractivity contribution in [2.24, 2.45) is 0 Å². The summed E-state index contributed by atoms with van der Waals surface area (Å²) < 4.78 is 5.78. The second-order valence-electron chi connectivity index (χ2n) is 8.08. The van der Waals surface area contributed by atoms with Gasteiger partial charge in [-0.25, -0.2) is 0 Å². The predicted molar refractivity (Wildman–Crippen MR) is 137 cm³/mol. The summed E-state index contributed by atoms with van der Waals surface area (Å²) in [6.07, 6.45) is 4.61. The Kier molecular flexibility index (Phi) is 9.99. The maximum absolute atomic E-state index is 12.3. The van der Waals surface area contributed by atoms with Crippen LogP contribution >= 0.6 is 0 Å². The number of amides is 2. The Morgan fingerprint density at radius 3 is 2.38 bits per heavy atom. The van der Waals surface area contributed by atoms with Crippen molar-refractivity contribution in [3.05, 3.63) is 90.0 Å². The van der Waals surface area contributed by atoms with E-state index in [4.69, 9.17) is 4.74 Å². The van der Waals surface area contributed by atoms with Crippen LogP contribution in [0.2, 0.25) is 0 Å². The van der Waals surface area contributed by atoms with Crippen LogP contribution in [0.3, 0.4) is 0 Å². The Bertz CT molecular complexity index is 1040. The molecule has 6 heteroatoms. The lowest BCUT2D eigenvalue weighted by molar-refractivity contribution is -0.114. The fourth-order valence-corrected chi connectivity index (χ4v) is 3.39. The van der Waals surface area contributed by atoms with Crippen LogP contribution in [-0.2, 0) is 11.3 Å². The van der Waals surface area contributed by atoms with E-state index in [2.05, 4.69) is 22.9 Å². The Hall–Kier alpha value is -3.80. The number of hydrogen-bond donors (Lipinski definition) is 3. The third-order valence-electron chi connectivity index (χ3n) is 5.28. The predicted octanol–water partition coefficient (Wildman–Crippen LogP) is 5.63. The molecule has 3 N–H and O–H groups in total. The molecule has 6 nitrogen and oxygen atoms in total. The van der Waals surface area contributed by atoms with Gasteiger partial charge in [-0.15, -0.1) is 0 Å². The highest BCUT2D eigenvalue weighted by Crippen LogP contribution is 2.18. The molecule has 2 amide bonds. The van der Waals surface area contributed by atoms with Gasteiger partial charge in [-0.3, -0.25) is 9.59 Å². The minimum atomic E-state index is -0.162. The van der Waals surface area contributed by atoms with E-state index in [1.807, 2.05) is 54.6 Å². The molecule has 0 radical (unpaired) electrons. The number of anilines is 2. The summed E-state index contributed by atoms with van der Waals surface area (Å²) in [5.74, 6) is 0.453. The zero-order chi connectivity index (χ0) is 24.0. The van der Waals surface area contributed by atoms with Crippen LogP contribution in [0.1, 0.15) is 48.5 Å². The molecule has 0 aromatic heterocycles. The van der Waals surface area contributed by atoms with E-state index in [0.29, 0.717) is 24.4 Å². The van der Waals surface area contributed by atoms with Crippen molar-refractivity contribution in [2.45, 2.75) is 39.2 Å². The largest absolute Gasteiger partial charge is 0.494 e. The summed E-state index contributed by atoms with van der Waals surface area (Å²) in [5, 5.41) is 8.87. The van der Waals surface area contributed by atoms with E-state index in [1.54, 1.807) is 24.3 Å². The first kappa shape index (κ1) is 24.8. The van der Waals surface area contributed by atoms with Gasteiger partial charge in [0.2, 0.25) is 5.91 Å². The first-order chi connectivity index (χ1) is 16.6. The number of carbonyl (C=O) groups excluding carboxylic acids is 2. The van der Waals surface area contributed by atoms with Crippen LogP contribution in [0.5, 0.6) is 5.75 Å². The highest BCUT2D eigenvalue weighted by Gasteiger charge is 2.07. The Morgan fingerprint density at radius 2 is 1.62 bits per heavy atom. The van der Waals surface area contributed by atoms with Gasteiger partial charge < -0.3 is 20.7 Å². The van der Waals surface area contributed by atoms with Gasteiger partial charge >= 0.3 is 0 Å². The van der Waals surface area contributed by atoms with Crippen LogP contribution in [0.15, 0.2) is 78.9 Å². The quantitative estimate of drug-likeness (QED) is 0.290. The second-order valence-corrected chi connectivity index (χ2v) is 8.08. The van der Waals surface area contributed by atoms with E-state index in [1.165, 1.54) is 12.8 Å². The van der Waals surface area contributed by atoms with Gasteiger partial charge in [-0.2, -0.15) is 0 Å². The molecule has 0 bridgehead atoms. The number of ether oxygens (including phenoxy) is 1. The molecule has 178 valence electrons. The molecular weight excluding hydrogens is 426 g/mol. The summed E-state index contributed by atoms with van der Waals surface area (Å²) in [6, 6.07) is 24.3. The van der Waals surface area contributed by atoms with E-state index in [0.717, 1.165) is 29.8 Å². The van der Waals surface area contributed by atoms with Crippen LogP contribution < -0.4 is 20.7 Å². The standard InChI is InChI=1S/C28H33N3O3/c1-2-3-4-8-18-34-26-13-9-12-25(19-26)31-27(32)21-29-24-16-14-23(15-17-24)28(33)30-20-22-10-6-5-7-11-22/h5-7,9-17,19,29H,2-4,8,18,20-21H2,1H3,(H,30,33)(H,31,32). The molecule has 34 heavy (non-hydrogen) atoms. The van der Waals surface area contributed by atoms with Crippen molar-refractivity contribution >= 4 is 23.2 Å². The molecular formula is C28H33N3O3. The van der Waals surface area contributed by atoms with Gasteiger partial charge in [0.1, 0.15) is 5.75 Å². The van der Waals surface area contributed by atoms with Crippen molar-refractivity contribution in [3.63, 3.8) is 0 Å². The number of rotatable bonds is 13. The van der Waals surface area contributed by atoms with Crippen molar-refractivity contribution in [3.8, 4) is 5.75 Å². The number of nitrogens with one attached hydrogen (secondary N) is 3. The molecule has 0 saturated carbocycles. The lowest BCUT2D eigenvalue weighted by Gasteiger charge is -2.11. The Labute approximate surface area is 201 Å². The molecule has 0 unspecified atom stereocenters. The lowest BCUT2D eigenvalue weighted by Crippen LogP contribution is -2.23. The molecule has 0 aliphatic heterocycles. The molecule has 0 atom stereocenters. The molecule has 0 spiro atoms. The van der Waals surface area contributed by atoms with Crippen molar-refractivity contribution < 1.29 is 14.3 Å². The average molecular weight is 460 g/mol. The zero-order valence-electron chi connectivity index (χ0n) is 19.7. The fourth-order valence-electron chi connectivity index (χ4n) is 3.39. The van der Waals surface area contributed by atoms with Crippen molar-refractivity contribution in [1.29, 1.82) is 0 Å². The highest BCUT2D eigenvalue weighted by molar-refractivity contribution is 5.95. The van der Waals surface area contributed by atoms with Gasteiger partial charge in [-0.05, 0) is 48.4 Å². The third-order valence-corrected chi connectivity index (χ3v) is 5.28. The van der Waals surface area contributed by atoms with E-state index < -0.39 is 0 Å². The normalized spacial score (nSPS) is 10.4. The number of benzene rings is 3. The van der Waals surface area contributed by atoms with Gasteiger partial charge in [0.25, 0.3) is 5.91 Å². The van der Waals surface area contributed by atoms with Gasteiger partial charge in [0, 0.05) is 29.5 Å². The number of unbranched alkanes of at least 4 members (excludes halogenated alkanes) is 3. The Morgan fingerprint density at radius 1 is 0.824 bits per heavy atom. The lowest BCUT2D eigenvalue weighted by atomic mass is 10.1. The minimum absolute atomic E-state index is 0.113. The van der Waals surface area contributed by atoms with Gasteiger partial charge in [-0.1, -0.05) is 62.6 Å². The topological polar surface area (TPSA) is 79.5 Å². The molecule has 0 heterocycles. The molecule has 3 aromatic rings. The van der Waals surface area contributed by atoms with Crippen molar-refractivity contribution in [1.82, 2.24) is 5.32 Å². The fraction of sp³-hybridized carbons (Fsp3) is 0.286. The smallest absolute Gasteiger partial charge is 0.251 e. The van der Waals surface area contributed by atoms with Crippen LogP contribution in [0.4, 0.5) is 11.4 Å². The van der Waals surface area contributed by atoms with Crippen LogP contribution in [0, 0.1) is 0 Å². The average Bonchev–Trinajstić information content (AvgIpc) is 2.87. The first-order valence-corrected chi connectivity index (χ1v) is 11.8. The van der Waals surface area contributed by atoms with Gasteiger partial charge in [0.05, 0.1) is 13.2 Å². The molecule has 0 aliphatic rings. The highest BCUT2D eigenvalue weighted by atomic mass is 16.5. The maximum atomic E-state index is 12.3. The zero-order valence-corrected chi connectivity index (χ0v) is 19.7. The number of carbonyl (C=O) groups is 2. The molecule has 3 aromatic carbocycles. The number of hydrogen-bond acceptors (Lipinski definition) is 4. The van der Waals surface area contributed by atoms with Crippen LogP contribution in [-0.4, -0.2) is 25.0 Å². The molecule has 0 aliphatic carbocycles. The first-order valence-electron chi connectivity index (χ1n) is 11.8. The van der Waals surface area contributed by atoms with Crippen molar-refractivity contribution in [2.75, 3.05) is 23.8 Å². The van der Waals surface area contributed by atoms with E-state index in [-0.39, 0.29) is 18.4 Å². The van der Waals surface area contributed by atoms with E-state index >= 15 is 0 Å². The molecule has 0 saturated heterocycles. The summed E-state index contributed by atoms with van der Waals surface area (Å²) >= 11 is 0. The summed E-state index contributed by atoms with van der Waals surface area (Å²) in [4.78, 5) is 24.7. The summed E-state index contributed by atoms with van der Waals surface area (Å²) in [6.45, 7) is 3.45. The minimum Gasteiger partial charge on any atom is -0.494 e. The molecule has 0 fully saturated rings. The van der Waals surface area contributed by atoms with Crippen LogP contribution in [0.25, 0.3) is 0 Å². The monoisotopic (exact) mass is 459 g/mol. The summed E-state index contributed by atoms with van der Waals surface area (Å²) in [5.41, 5.74) is 3.07. The van der Waals surface area contributed by atoms with Gasteiger partial charge in [0.15, 0.2) is 0 Å². The van der Waals surface area contributed by atoms with E-state index in [9.17, 15) is 9.59 Å². The third kappa shape index (κ3) is 8.62. The Balaban J connectivity index is 1.40. The molecule has 3 rings (SSSR count). The summed E-state index contributed by atoms with van der Waals surface area (Å²) in [7, 11) is 0. The second kappa shape index (κ2) is 13.7. The maximum Gasteiger partial charge on any atom is 0.251 e. The SMILES string of the molecule is CCCCCCOc1cccc(NC(=O)CNc2ccc(C(=O)NCc3ccccc3)cc2)c1.